The summed E-state index contributed by atoms with van der Waals surface area (Å²) in [5, 5.41) is 9.25. The molecule has 1 N–H and O–H groups in total. The lowest BCUT2D eigenvalue weighted by Gasteiger charge is -1.96. The van der Waals surface area contributed by atoms with E-state index in [0.29, 0.717) is 11.7 Å². The van der Waals surface area contributed by atoms with Gasteiger partial charge in [-0.2, -0.15) is 10.1 Å². The average molecular weight is 265 g/mol. The second-order valence-electron chi connectivity index (χ2n) is 4.51. The Kier molecular flexibility index (Phi) is 2.23. The number of nitrogens with one attached hydrogen (secondary N) is 1. The van der Waals surface area contributed by atoms with Gasteiger partial charge in [0.1, 0.15) is 5.69 Å². The van der Waals surface area contributed by atoms with Crippen LogP contribution in [0.5, 0.6) is 0 Å². The van der Waals surface area contributed by atoms with Gasteiger partial charge in [0.15, 0.2) is 0 Å². The fraction of sp³-hybridized carbons (Fsp3) is 0.0714. The maximum Gasteiger partial charge on any atom is 0.276 e. The van der Waals surface area contributed by atoms with Crippen molar-refractivity contribution in [3.8, 4) is 23.0 Å². The third kappa shape index (κ3) is 1.55. The molecule has 4 rings (SSSR count). The number of hydrogen-bond acceptors (Lipinski definition) is 4. The smallest absolute Gasteiger partial charge is 0.276 e. The van der Waals surface area contributed by atoms with E-state index in [4.69, 9.17) is 4.52 Å². The van der Waals surface area contributed by atoms with Crippen LogP contribution < -0.4 is 0 Å². The zero-order chi connectivity index (χ0) is 13.5. The molecule has 0 bridgehead atoms. The highest BCUT2D eigenvalue weighted by Crippen LogP contribution is 2.27. The third-order valence-electron chi connectivity index (χ3n) is 3.30. The highest BCUT2D eigenvalue weighted by molar-refractivity contribution is 5.93. The van der Waals surface area contributed by atoms with Crippen molar-refractivity contribution in [2.75, 3.05) is 0 Å². The minimum Gasteiger partial charge on any atom is -0.361 e. The standard InChI is InChI=1S/C14H11N5O/c1-19-12(6-8-16-19)14-17-13(18-20-14)10-3-2-4-11-9(10)5-7-15-11/h2-8,15H,1H3. The quantitative estimate of drug-likeness (QED) is 0.604. The maximum absolute atomic E-state index is 5.34. The van der Waals surface area contributed by atoms with E-state index in [1.54, 1.807) is 10.9 Å². The summed E-state index contributed by atoms with van der Waals surface area (Å²) in [4.78, 5) is 7.63. The largest absolute Gasteiger partial charge is 0.361 e. The molecular formula is C14H11N5O. The number of hydrogen-bond donors (Lipinski definition) is 1. The summed E-state index contributed by atoms with van der Waals surface area (Å²) in [7, 11) is 1.84. The van der Waals surface area contributed by atoms with Crippen molar-refractivity contribution in [1.29, 1.82) is 0 Å². The Morgan fingerprint density at radius 3 is 3.00 bits per heavy atom. The van der Waals surface area contributed by atoms with Crippen molar-refractivity contribution in [2.24, 2.45) is 7.05 Å². The molecule has 1 aromatic carbocycles. The first kappa shape index (κ1) is 11.0. The molecule has 98 valence electrons. The van der Waals surface area contributed by atoms with E-state index in [9.17, 15) is 0 Å². The fourth-order valence-corrected chi connectivity index (χ4v) is 2.30. The molecule has 6 heteroatoms. The Bertz CT molecular complexity index is 886. The second kappa shape index (κ2) is 4.06. The Morgan fingerprint density at radius 2 is 2.15 bits per heavy atom. The van der Waals surface area contributed by atoms with E-state index in [1.165, 1.54) is 0 Å². The Morgan fingerprint density at radius 1 is 1.20 bits per heavy atom. The predicted molar refractivity (Wildman–Crippen MR) is 73.8 cm³/mol. The summed E-state index contributed by atoms with van der Waals surface area (Å²) in [6.07, 6.45) is 3.60. The second-order valence-corrected chi connectivity index (χ2v) is 4.51. The number of aromatic amines is 1. The van der Waals surface area contributed by atoms with Crippen LogP contribution in [0.25, 0.3) is 33.9 Å². The van der Waals surface area contributed by atoms with Crippen molar-refractivity contribution in [3.05, 3.63) is 42.7 Å². The molecule has 0 saturated carbocycles. The van der Waals surface area contributed by atoms with Crippen molar-refractivity contribution < 1.29 is 4.52 Å². The molecule has 6 nitrogen and oxygen atoms in total. The normalized spacial score (nSPS) is 11.2. The molecule has 0 atom stereocenters. The van der Waals surface area contributed by atoms with E-state index in [-0.39, 0.29) is 0 Å². The first-order valence-corrected chi connectivity index (χ1v) is 6.21. The van der Waals surface area contributed by atoms with Gasteiger partial charge in [-0.1, -0.05) is 17.3 Å². The van der Waals surface area contributed by atoms with Crippen LogP contribution in [0, 0.1) is 0 Å². The van der Waals surface area contributed by atoms with Gasteiger partial charge in [-0.15, -0.1) is 0 Å². The number of rotatable bonds is 2. The highest BCUT2D eigenvalue weighted by atomic mass is 16.5. The van der Waals surface area contributed by atoms with E-state index in [1.807, 2.05) is 43.6 Å². The lowest BCUT2D eigenvalue weighted by Crippen LogP contribution is -1.93. The number of nitrogens with zero attached hydrogens (tertiary/aromatic N) is 4. The van der Waals surface area contributed by atoms with E-state index in [0.717, 1.165) is 22.2 Å². The van der Waals surface area contributed by atoms with Crippen LogP contribution in [-0.4, -0.2) is 24.9 Å². The van der Waals surface area contributed by atoms with Crippen molar-refractivity contribution >= 4 is 10.9 Å². The summed E-state index contributed by atoms with van der Waals surface area (Å²) in [6, 6.07) is 9.81. The summed E-state index contributed by atoms with van der Waals surface area (Å²) in [5.41, 5.74) is 2.79. The first-order chi connectivity index (χ1) is 9.83. The van der Waals surface area contributed by atoms with E-state index in [2.05, 4.69) is 20.2 Å². The Balaban J connectivity index is 1.86. The molecule has 0 aliphatic heterocycles. The third-order valence-corrected chi connectivity index (χ3v) is 3.30. The van der Waals surface area contributed by atoms with Gasteiger partial charge >= 0.3 is 0 Å². The lowest BCUT2D eigenvalue weighted by atomic mass is 10.1. The molecule has 4 aromatic rings. The average Bonchev–Trinajstić information content (AvgIpc) is 3.17. The molecule has 3 aromatic heterocycles. The maximum atomic E-state index is 5.34. The molecule has 20 heavy (non-hydrogen) atoms. The van der Waals surface area contributed by atoms with Gasteiger partial charge in [0.25, 0.3) is 5.89 Å². The molecule has 0 radical (unpaired) electrons. The number of H-pyrrole nitrogens is 1. The van der Waals surface area contributed by atoms with Crippen LogP contribution in [0.4, 0.5) is 0 Å². The zero-order valence-corrected chi connectivity index (χ0v) is 10.7. The molecular weight excluding hydrogens is 254 g/mol. The monoisotopic (exact) mass is 265 g/mol. The van der Waals surface area contributed by atoms with Gasteiger partial charge in [0.2, 0.25) is 5.82 Å². The molecule has 0 saturated heterocycles. The number of benzene rings is 1. The van der Waals surface area contributed by atoms with Crippen LogP contribution in [0.2, 0.25) is 0 Å². The van der Waals surface area contributed by atoms with Crippen molar-refractivity contribution in [2.45, 2.75) is 0 Å². The van der Waals surface area contributed by atoms with Crippen LogP contribution >= 0.6 is 0 Å². The van der Waals surface area contributed by atoms with Crippen molar-refractivity contribution in [3.63, 3.8) is 0 Å². The van der Waals surface area contributed by atoms with Gasteiger partial charge in [0, 0.05) is 35.9 Å². The van der Waals surface area contributed by atoms with Gasteiger partial charge in [-0.05, 0) is 18.2 Å². The molecule has 0 aliphatic carbocycles. The minimum absolute atomic E-state index is 0.465. The SMILES string of the molecule is Cn1nccc1-c1nc(-c2cccc3[nH]ccc23)no1. The zero-order valence-electron chi connectivity index (χ0n) is 10.7. The molecule has 0 aliphatic rings. The first-order valence-electron chi connectivity index (χ1n) is 6.21. The van der Waals surface area contributed by atoms with E-state index >= 15 is 0 Å². The van der Waals surface area contributed by atoms with Gasteiger partial charge in [-0.3, -0.25) is 4.68 Å². The van der Waals surface area contributed by atoms with Crippen LogP contribution in [0.15, 0.2) is 47.2 Å². The van der Waals surface area contributed by atoms with Gasteiger partial charge in [0.05, 0.1) is 0 Å². The predicted octanol–water partition coefficient (Wildman–Crippen LogP) is 2.62. The topological polar surface area (TPSA) is 72.5 Å². The fourth-order valence-electron chi connectivity index (χ4n) is 2.30. The van der Waals surface area contributed by atoms with Crippen LogP contribution in [0.1, 0.15) is 0 Å². The Hall–Kier alpha value is -2.89. The molecule has 0 amide bonds. The summed E-state index contributed by atoms with van der Waals surface area (Å²) < 4.78 is 7.04. The summed E-state index contributed by atoms with van der Waals surface area (Å²) >= 11 is 0. The molecule has 0 spiro atoms. The number of aromatic nitrogens is 5. The Labute approximate surface area is 114 Å². The summed E-state index contributed by atoms with van der Waals surface area (Å²) in [5.74, 6) is 1.04. The molecule has 0 unspecified atom stereocenters. The molecule has 3 heterocycles. The highest BCUT2D eigenvalue weighted by Gasteiger charge is 2.15. The number of fused-ring (bicyclic) bond motifs is 1. The van der Waals surface area contributed by atoms with E-state index < -0.39 is 0 Å². The van der Waals surface area contributed by atoms with Gasteiger partial charge < -0.3 is 9.51 Å². The van der Waals surface area contributed by atoms with Gasteiger partial charge in [-0.25, -0.2) is 0 Å². The minimum atomic E-state index is 0.465. The van der Waals surface area contributed by atoms with Crippen LogP contribution in [0.3, 0.4) is 0 Å². The number of aryl methyl sites for hydroxylation is 1. The summed E-state index contributed by atoms with van der Waals surface area (Å²) in [6.45, 7) is 0. The van der Waals surface area contributed by atoms with Crippen molar-refractivity contribution in [1.82, 2.24) is 24.9 Å². The lowest BCUT2D eigenvalue weighted by molar-refractivity contribution is 0.428. The van der Waals surface area contributed by atoms with Crippen LogP contribution in [-0.2, 0) is 7.05 Å². The molecule has 0 fully saturated rings.